The largest absolute Gasteiger partial charge is 0.396 e. The molecule has 0 fully saturated rings. The van der Waals surface area contributed by atoms with Crippen LogP contribution in [0.25, 0.3) is 0 Å². The first-order valence-electron chi connectivity index (χ1n) is 5.21. The number of hydrogen-bond donors (Lipinski definition) is 2. The highest BCUT2D eigenvalue weighted by Gasteiger charge is 2.12. The Hall–Kier alpha value is -1.51. The van der Waals surface area contributed by atoms with Crippen LogP contribution in [0.1, 0.15) is 12.5 Å². The summed E-state index contributed by atoms with van der Waals surface area (Å²) in [5, 5.41) is 19.9. The molecule has 0 spiro atoms. The van der Waals surface area contributed by atoms with Crippen molar-refractivity contribution in [2.45, 2.75) is 12.2 Å². The lowest BCUT2D eigenvalue weighted by atomic mass is 10.2. The summed E-state index contributed by atoms with van der Waals surface area (Å²) in [4.78, 5) is 11.7. The Morgan fingerprint density at radius 2 is 2.41 bits per heavy atom. The summed E-state index contributed by atoms with van der Waals surface area (Å²) in [6, 6.07) is 8.78. The highest BCUT2D eigenvalue weighted by Crippen LogP contribution is 2.14. The Bertz CT molecular complexity index is 429. The quantitative estimate of drug-likeness (QED) is 0.832. The fraction of sp³-hybridized carbons (Fsp3) is 0.333. The van der Waals surface area contributed by atoms with Crippen LogP contribution >= 0.6 is 11.8 Å². The number of carbonyl (C=O) groups excluding carboxylic acids is 1. The van der Waals surface area contributed by atoms with Gasteiger partial charge in [0.1, 0.15) is 0 Å². The SMILES string of the molecule is C[C@@H](SCCO)C(=O)Nc1cccc(C#N)c1. The lowest BCUT2D eigenvalue weighted by Crippen LogP contribution is -2.23. The normalized spacial score (nSPS) is 11.6. The van der Waals surface area contributed by atoms with E-state index in [0.29, 0.717) is 17.0 Å². The summed E-state index contributed by atoms with van der Waals surface area (Å²) in [5.41, 5.74) is 1.13. The molecule has 2 N–H and O–H groups in total. The zero-order valence-electron chi connectivity index (χ0n) is 9.51. The van der Waals surface area contributed by atoms with Crippen LogP contribution < -0.4 is 5.32 Å². The fourth-order valence-electron chi connectivity index (χ4n) is 1.22. The van der Waals surface area contributed by atoms with Crippen LogP contribution in [0, 0.1) is 11.3 Å². The van der Waals surface area contributed by atoms with E-state index >= 15 is 0 Å². The average Bonchev–Trinajstić information content (AvgIpc) is 2.36. The lowest BCUT2D eigenvalue weighted by molar-refractivity contribution is -0.115. The Morgan fingerprint density at radius 3 is 3.06 bits per heavy atom. The number of nitriles is 1. The van der Waals surface area contributed by atoms with Crippen LogP contribution in [-0.2, 0) is 4.79 Å². The van der Waals surface area contributed by atoms with Crippen LogP contribution in [0.4, 0.5) is 5.69 Å². The van der Waals surface area contributed by atoms with Gasteiger partial charge in [-0.3, -0.25) is 4.79 Å². The van der Waals surface area contributed by atoms with Crippen molar-refractivity contribution in [2.24, 2.45) is 0 Å². The molecular formula is C12H14N2O2S. The molecule has 0 aromatic heterocycles. The van der Waals surface area contributed by atoms with Gasteiger partial charge in [0.25, 0.3) is 0 Å². The van der Waals surface area contributed by atoms with Gasteiger partial charge in [0.05, 0.1) is 23.5 Å². The van der Waals surface area contributed by atoms with Gasteiger partial charge < -0.3 is 10.4 Å². The van der Waals surface area contributed by atoms with Crippen molar-refractivity contribution in [1.82, 2.24) is 0 Å². The van der Waals surface area contributed by atoms with Crippen molar-refractivity contribution in [2.75, 3.05) is 17.7 Å². The molecule has 17 heavy (non-hydrogen) atoms. The molecule has 5 heteroatoms. The number of carbonyl (C=O) groups is 1. The summed E-state index contributed by atoms with van der Waals surface area (Å²) in [6.45, 7) is 1.84. The van der Waals surface area contributed by atoms with Crippen LogP contribution in [-0.4, -0.2) is 28.6 Å². The summed E-state index contributed by atoms with van der Waals surface area (Å²) >= 11 is 1.39. The molecule has 0 bridgehead atoms. The average molecular weight is 250 g/mol. The highest BCUT2D eigenvalue weighted by molar-refractivity contribution is 8.00. The number of benzene rings is 1. The van der Waals surface area contributed by atoms with Gasteiger partial charge in [-0.15, -0.1) is 11.8 Å². The molecule has 0 aliphatic carbocycles. The molecule has 1 rings (SSSR count). The molecule has 1 aromatic rings. The van der Waals surface area contributed by atoms with Crippen LogP contribution in [0.5, 0.6) is 0 Å². The first kappa shape index (κ1) is 13.6. The van der Waals surface area contributed by atoms with Crippen molar-refractivity contribution in [3.05, 3.63) is 29.8 Å². The molecule has 0 saturated carbocycles. The van der Waals surface area contributed by atoms with E-state index in [1.807, 2.05) is 6.07 Å². The zero-order valence-corrected chi connectivity index (χ0v) is 10.3. The van der Waals surface area contributed by atoms with Gasteiger partial charge in [-0.1, -0.05) is 6.07 Å². The molecule has 0 radical (unpaired) electrons. The van der Waals surface area contributed by atoms with Gasteiger partial charge in [-0.05, 0) is 25.1 Å². The minimum atomic E-state index is -0.229. The minimum Gasteiger partial charge on any atom is -0.396 e. The number of nitrogens with one attached hydrogen (secondary N) is 1. The Kier molecular flexibility index (Phi) is 5.53. The molecule has 90 valence electrons. The second-order valence-corrected chi connectivity index (χ2v) is 4.87. The number of amides is 1. The first-order valence-corrected chi connectivity index (χ1v) is 6.25. The van der Waals surface area contributed by atoms with E-state index < -0.39 is 0 Å². The lowest BCUT2D eigenvalue weighted by Gasteiger charge is -2.11. The van der Waals surface area contributed by atoms with Crippen molar-refractivity contribution >= 4 is 23.4 Å². The van der Waals surface area contributed by atoms with E-state index in [-0.39, 0.29) is 17.8 Å². The van der Waals surface area contributed by atoms with Crippen LogP contribution in [0.15, 0.2) is 24.3 Å². The molecular weight excluding hydrogens is 236 g/mol. The second kappa shape index (κ2) is 6.94. The molecule has 0 aliphatic rings. The Morgan fingerprint density at radius 1 is 1.65 bits per heavy atom. The number of aliphatic hydroxyl groups is 1. The molecule has 0 saturated heterocycles. The Balaban J connectivity index is 2.58. The zero-order chi connectivity index (χ0) is 12.7. The molecule has 1 amide bonds. The van der Waals surface area contributed by atoms with Gasteiger partial charge >= 0.3 is 0 Å². The minimum absolute atomic E-state index is 0.0617. The maximum Gasteiger partial charge on any atom is 0.237 e. The summed E-state index contributed by atoms with van der Waals surface area (Å²) in [6.07, 6.45) is 0. The number of anilines is 1. The van der Waals surface area contributed by atoms with E-state index in [0.717, 1.165) is 0 Å². The highest BCUT2D eigenvalue weighted by atomic mass is 32.2. The van der Waals surface area contributed by atoms with Gasteiger partial charge in [-0.2, -0.15) is 5.26 Å². The molecule has 0 unspecified atom stereocenters. The number of aliphatic hydroxyl groups excluding tert-OH is 1. The van der Waals surface area contributed by atoms with Crippen molar-refractivity contribution in [3.63, 3.8) is 0 Å². The van der Waals surface area contributed by atoms with E-state index in [1.54, 1.807) is 31.2 Å². The Labute approximate surface area is 105 Å². The number of thioether (sulfide) groups is 1. The molecule has 0 aliphatic heterocycles. The van der Waals surface area contributed by atoms with E-state index in [4.69, 9.17) is 10.4 Å². The van der Waals surface area contributed by atoms with E-state index in [2.05, 4.69) is 5.32 Å². The predicted molar refractivity (Wildman–Crippen MR) is 68.8 cm³/mol. The third kappa shape index (κ3) is 4.47. The predicted octanol–water partition coefficient (Wildman–Crippen LogP) is 1.61. The monoisotopic (exact) mass is 250 g/mol. The van der Waals surface area contributed by atoms with Gasteiger partial charge in [0, 0.05) is 11.4 Å². The molecule has 4 nitrogen and oxygen atoms in total. The maximum absolute atomic E-state index is 11.7. The molecule has 1 aromatic carbocycles. The molecule has 1 atom stereocenters. The topological polar surface area (TPSA) is 73.1 Å². The van der Waals surface area contributed by atoms with Gasteiger partial charge in [0.15, 0.2) is 0 Å². The van der Waals surface area contributed by atoms with Crippen molar-refractivity contribution in [1.29, 1.82) is 5.26 Å². The van der Waals surface area contributed by atoms with E-state index in [1.165, 1.54) is 11.8 Å². The standard InChI is InChI=1S/C12H14N2O2S/c1-9(17-6-5-15)12(16)14-11-4-2-3-10(7-11)8-13/h2-4,7,9,15H,5-6H2,1H3,(H,14,16)/t9-/m1/s1. The number of nitrogens with zero attached hydrogens (tertiary/aromatic N) is 1. The molecule has 0 heterocycles. The smallest absolute Gasteiger partial charge is 0.237 e. The summed E-state index contributed by atoms with van der Waals surface area (Å²) in [7, 11) is 0. The van der Waals surface area contributed by atoms with Crippen LogP contribution in [0.3, 0.4) is 0 Å². The van der Waals surface area contributed by atoms with E-state index in [9.17, 15) is 4.79 Å². The summed E-state index contributed by atoms with van der Waals surface area (Å²) in [5.74, 6) is 0.408. The number of hydrogen-bond acceptors (Lipinski definition) is 4. The maximum atomic E-state index is 11.7. The number of rotatable bonds is 5. The summed E-state index contributed by atoms with van der Waals surface area (Å²) < 4.78 is 0. The van der Waals surface area contributed by atoms with Gasteiger partial charge in [-0.25, -0.2) is 0 Å². The third-order valence-electron chi connectivity index (χ3n) is 2.09. The second-order valence-electron chi connectivity index (χ2n) is 3.42. The first-order chi connectivity index (χ1) is 8.17. The fourth-order valence-corrected chi connectivity index (χ4v) is 1.88. The van der Waals surface area contributed by atoms with Crippen molar-refractivity contribution < 1.29 is 9.90 Å². The van der Waals surface area contributed by atoms with Gasteiger partial charge in [0.2, 0.25) is 5.91 Å². The third-order valence-corrected chi connectivity index (χ3v) is 3.22. The van der Waals surface area contributed by atoms with Crippen molar-refractivity contribution in [3.8, 4) is 6.07 Å². The van der Waals surface area contributed by atoms with Crippen LogP contribution in [0.2, 0.25) is 0 Å².